The zero-order chi connectivity index (χ0) is 15.6. The molecule has 116 valence electrons. The molecule has 1 aliphatic rings. The monoisotopic (exact) mass is 313 g/mol. The lowest BCUT2D eigenvalue weighted by molar-refractivity contribution is 0.104. The van der Waals surface area contributed by atoms with E-state index in [1.54, 1.807) is 12.1 Å². The molecule has 0 radical (unpaired) electrons. The molecular formula is C14H19NO5S. The molecule has 2 rings (SSSR count). The van der Waals surface area contributed by atoms with E-state index >= 15 is 0 Å². The van der Waals surface area contributed by atoms with E-state index in [-0.39, 0.29) is 17.5 Å². The van der Waals surface area contributed by atoms with Gasteiger partial charge < -0.3 is 9.64 Å². The van der Waals surface area contributed by atoms with Crippen LogP contribution < -0.4 is 0 Å². The van der Waals surface area contributed by atoms with E-state index in [1.165, 1.54) is 17.0 Å². The van der Waals surface area contributed by atoms with Crippen molar-refractivity contribution in [3.8, 4) is 0 Å². The minimum Gasteiger partial charge on any atom is -0.442 e. The highest BCUT2D eigenvalue weighted by atomic mass is 32.2. The summed E-state index contributed by atoms with van der Waals surface area (Å²) in [6.07, 6.45) is -1.01. The minimum atomic E-state index is -3.83. The van der Waals surface area contributed by atoms with Crippen LogP contribution >= 0.6 is 0 Å². The fraction of sp³-hybridized carbons (Fsp3) is 0.500. The maximum atomic E-state index is 12.0. The maximum Gasteiger partial charge on any atom is 0.410 e. The van der Waals surface area contributed by atoms with Crippen LogP contribution in [0.5, 0.6) is 0 Å². The zero-order valence-electron chi connectivity index (χ0n) is 12.3. The molecule has 0 unspecified atom stereocenters. The predicted molar refractivity (Wildman–Crippen MR) is 76.4 cm³/mol. The quantitative estimate of drug-likeness (QED) is 0.777. The first kappa shape index (κ1) is 15.8. The van der Waals surface area contributed by atoms with Crippen LogP contribution in [0.1, 0.15) is 19.4 Å². The van der Waals surface area contributed by atoms with Crippen molar-refractivity contribution >= 4 is 16.2 Å². The van der Waals surface area contributed by atoms with Crippen LogP contribution in [0.15, 0.2) is 29.2 Å². The number of aryl methyl sites for hydroxylation is 1. The van der Waals surface area contributed by atoms with Crippen molar-refractivity contribution in [2.45, 2.75) is 37.8 Å². The second-order valence-corrected chi connectivity index (χ2v) is 6.92. The summed E-state index contributed by atoms with van der Waals surface area (Å²) in [4.78, 5) is 13.2. The second-order valence-electron chi connectivity index (χ2n) is 5.30. The summed E-state index contributed by atoms with van der Waals surface area (Å²) in [5, 5.41) is 0. The van der Waals surface area contributed by atoms with Crippen LogP contribution in [0.3, 0.4) is 0 Å². The fourth-order valence-corrected chi connectivity index (χ4v) is 2.92. The number of rotatable bonds is 5. The van der Waals surface area contributed by atoms with Gasteiger partial charge >= 0.3 is 6.09 Å². The average Bonchev–Trinajstić information content (AvgIpc) is 2.79. The first-order chi connectivity index (χ1) is 9.79. The highest BCUT2D eigenvalue weighted by Crippen LogP contribution is 2.18. The largest absolute Gasteiger partial charge is 0.442 e. The van der Waals surface area contributed by atoms with Gasteiger partial charge in [-0.15, -0.1) is 0 Å². The van der Waals surface area contributed by atoms with Gasteiger partial charge in [0.15, 0.2) is 0 Å². The summed E-state index contributed by atoms with van der Waals surface area (Å²) in [7, 11) is -3.83. The Morgan fingerprint density at radius 2 is 1.95 bits per heavy atom. The van der Waals surface area contributed by atoms with Crippen molar-refractivity contribution in [2.24, 2.45) is 0 Å². The Hall–Kier alpha value is -1.60. The third-order valence-electron chi connectivity index (χ3n) is 3.24. The number of cyclic esters (lactones) is 1. The van der Waals surface area contributed by atoms with E-state index < -0.39 is 22.3 Å². The smallest absolute Gasteiger partial charge is 0.410 e. The number of nitrogens with zero attached hydrogens (tertiary/aromatic N) is 1. The van der Waals surface area contributed by atoms with Gasteiger partial charge in [-0.2, -0.15) is 8.42 Å². The molecule has 1 saturated heterocycles. The van der Waals surface area contributed by atoms with Gasteiger partial charge in [0.25, 0.3) is 10.1 Å². The standard InChI is InChI=1S/C14H19NO5S/c1-10(2)15-8-12(20-14(15)16)9-19-21(17,18)13-6-4-11(3)5-7-13/h4-7,10,12H,8-9H2,1-3H3/t12-/m0/s1. The summed E-state index contributed by atoms with van der Waals surface area (Å²) in [5.41, 5.74) is 0.964. The SMILES string of the molecule is Cc1ccc(S(=O)(=O)OC[C@@H]2CN(C(C)C)C(=O)O2)cc1. The molecule has 1 aliphatic heterocycles. The van der Waals surface area contributed by atoms with E-state index in [0.29, 0.717) is 6.54 Å². The maximum absolute atomic E-state index is 12.0. The first-order valence-corrected chi connectivity index (χ1v) is 8.14. The van der Waals surface area contributed by atoms with E-state index in [2.05, 4.69) is 0 Å². The molecule has 0 aliphatic carbocycles. The van der Waals surface area contributed by atoms with Crippen LogP contribution in [-0.4, -0.2) is 44.7 Å². The lowest BCUT2D eigenvalue weighted by Gasteiger charge is -2.16. The Balaban J connectivity index is 1.97. The Morgan fingerprint density at radius 1 is 1.33 bits per heavy atom. The Labute approximate surface area is 124 Å². The summed E-state index contributed by atoms with van der Waals surface area (Å²) in [5.74, 6) is 0. The second kappa shape index (κ2) is 6.03. The molecule has 0 spiro atoms. The molecule has 1 aromatic carbocycles. The number of hydrogen-bond acceptors (Lipinski definition) is 5. The summed E-state index contributed by atoms with van der Waals surface area (Å²) >= 11 is 0. The van der Waals surface area contributed by atoms with Crippen molar-refractivity contribution in [1.82, 2.24) is 4.90 Å². The third kappa shape index (κ3) is 3.74. The minimum absolute atomic E-state index is 0.0104. The molecule has 7 heteroatoms. The lowest BCUT2D eigenvalue weighted by Crippen LogP contribution is -2.32. The first-order valence-electron chi connectivity index (χ1n) is 6.73. The molecule has 1 heterocycles. The van der Waals surface area contributed by atoms with E-state index in [0.717, 1.165) is 5.56 Å². The highest BCUT2D eigenvalue weighted by Gasteiger charge is 2.34. The number of carbonyl (C=O) groups is 1. The van der Waals surface area contributed by atoms with Crippen LogP contribution in [0, 0.1) is 6.92 Å². The lowest BCUT2D eigenvalue weighted by atomic mass is 10.2. The topological polar surface area (TPSA) is 72.9 Å². The number of benzene rings is 1. The summed E-state index contributed by atoms with van der Waals surface area (Å²) in [6.45, 7) is 5.77. The van der Waals surface area contributed by atoms with Crippen molar-refractivity contribution < 1.29 is 22.1 Å². The molecule has 0 saturated carbocycles. The molecule has 6 nitrogen and oxygen atoms in total. The zero-order valence-corrected chi connectivity index (χ0v) is 13.1. The van der Waals surface area contributed by atoms with Crippen molar-refractivity contribution in [2.75, 3.05) is 13.2 Å². The molecule has 1 fully saturated rings. The molecule has 0 N–H and O–H groups in total. The molecule has 1 amide bonds. The summed E-state index contributed by atoms with van der Waals surface area (Å²) < 4.78 is 34.1. The normalized spacial score (nSPS) is 19.1. The van der Waals surface area contributed by atoms with Gasteiger partial charge in [0.2, 0.25) is 0 Å². The van der Waals surface area contributed by atoms with Crippen LogP contribution in [-0.2, 0) is 19.0 Å². The Bertz CT molecular complexity index is 609. The Morgan fingerprint density at radius 3 is 2.48 bits per heavy atom. The third-order valence-corrected chi connectivity index (χ3v) is 4.54. The van der Waals surface area contributed by atoms with Crippen LogP contribution in [0.2, 0.25) is 0 Å². The van der Waals surface area contributed by atoms with Crippen molar-refractivity contribution in [1.29, 1.82) is 0 Å². The predicted octanol–water partition coefficient (Wildman–Crippen LogP) is 1.93. The van der Waals surface area contributed by atoms with Gasteiger partial charge in [-0.25, -0.2) is 4.79 Å². The van der Waals surface area contributed by atoms with Gasteiger partial charge in [-0.05, 0) is 32.9 Å². The molecule has 21 heavy (non-hydrogen) atoms. The van der Waals surface area contributed by atoms with Gasteiger partial charge in [-0.3, -0.25) is 4.18 Å². The van der Waals surface area contributed by atoms with E-state index in [4.69, 9.17) is 8.92 Å². The molecule has 0 bridgehead atoms. The molecular weight excluding hydrogens is 294 g/mol. The van der Waals surface area contributed by atoms with Gasteiger partial charge in [0, 0.05) is 6.04 Å². The number of carbonyl (C=O) groups excluding carboxylic acids is 1. The fourth-order valence-electron chi connectivity index (χ4n) is 1.99. The van der Waals surface area contributed by atoms with Gasteiger partial charge in [-0.1, -0.05) is 17.7 Å². The van der Waals surface area contributed by atoms with Gasteiger partial charge in [0.05, 0.1) is 11.4 Å². The number of amides is 1. The van der Waals surface area contributed by atoms with Crippen LogP contribution in [0.4, 0.5) is 4.79 Å². The van der Waals surface area contributed by atoms with E-state index in [9.17, 15) is 13.2 Å². The molecule has 1 aromatic rings. The van der Waals surface area contributed by atoms with Crippen molar-refractivity contribution in [3.05, 3.63) is 29.8 Å². The van der Waals surface area contributed by atoms with Crippen LogP contribution in [0.25, 0.3) is 0 Å². The van der Waals surface area contributed by atoms with E-state index in [1.807, 2.05) is 20.8 Å². The van der Waals surface area contributed by atoms with Gasteiger partial charge in [0.1, 0.15) is 12.7 Å². The summed E-state index contributed by atoms with van der Waals surface area (Å²) in [6, 6.07) is 6.40. The number of hydrogen-bond donors (Lipinski definition) is 0. The highest BCUT2D eigenvalue weighted by molar-refractivity contribution is 7.86. The average molecular weight is 313 g/mol. The molecule has 1 atom stereocenters. The molecule has 0 aromatic heterocycles. The number of ether oxygens (including phenoxy) is 1. The van der Waals surface area contributed by atoms with Crippen molar-refractivity contribution in [3.63, 3.8) is 0 Å². The Kier molecular flexibility index (Phi) is 4.53.